The Morgan fingerprint density at radius 1 is 1.19 bits per heavy atom. The third kappa shape index (κ3) is 5.73. The van der Waals surface area contributed by atoms with E-state index in [9.17, 15) is 9.59 Å². The number of likely N-dealkylation sites (N-methyl/N-ethyl adjacent to an activating group) is 1. The molecule has 0 saturated carbocycles. The number of benzene rings is 2. The van der Waals surface area contributed by atoms with Gasteiger partial charge in [-0.25, -0.2) is 0 Å². The van der Waals surface area contributed by atoms with Crippen LogP contribution >= 0.6 is 11.6 Å². The number of hydrogen-bond acceptors (Lipinski definition) is 3. The Hall–Kier alpha value is -2.53. The van der Waals surface area contributed by atoms with Gasteiger partial charge in [0.05, 0.1) is 0 Å². The molecule has 0 bridgehead atoms. The maximum Gasteiger partial charge on any atom is 0.261 e. The molecule has 0 aliphatic heterocycles. The summed E-state index contributed by atoms with van der Waals surface area (Å²) in [5.74, 6) is 0.0758. The molecule has 0 aliphatic carbocycles. The first-order chi connectivity index (χ1) is 12.8. The van der Waals surface area contributed by atoms with Crippen LogP contribution in [0.2, 0.25) is 5.02 Å². The lowest BCUT2D eigenvalue weighted by molar-refractivity contribution is -0.142. The first-order valence-corrected chi connectivity index (χ1v) is 9.15. The lowest BCUT2D eigenvalue weighted by Gasteiger charge is -2.28. The SMILES string of the molecule is CNC(=O)[C@H](C)N(Cc1cccc(C)c1)C(=O)COc1ccc(Cl)c(C)c1. The van der Waals surface area contributed by atoms with Crippen LogP contribution in [0.25, 0.3) is 0 Å². The number of amides is 2. The summed E-state index contributed by atoms with van der Waals surface area (Å²) < 4.78 is 5.63. The van der Waals surface area contributed by atoms with Crippen molar-refractivity contribution < 1.29 is 14.3 Å². The minimum Gasteiger partial charge on any atom is -0.484 e. The molecule has 2 amide bonds. The predicted octanol–water partition coefficient (Wildman–Crippen LogP) is 3.50. The minimum absolute atomic E-state index is 0.159. The van der Waals surface area contributed by atoms with Crippen LogP contribution in [0.3, 0.4) is 0 Å². The highest BCUT2D eigenvalue weighted by atomic mass is 35.5. The van der Waals surface area contributed by atoms with Gasteiger partial charge in [0.1, 0.15) is 11.8 Å². The van der Waals surface area contributed by atoms with Gasteiger partial charge in [-0.3, -0.25) is 9.59 Å². The molecule has 6 heteroatoms. The molecule has 5 nitrogen and oxygen atoms in total. The van der Waals surface area contributed by atoms with Gasteiger partial charge in [-0.2, -0.15) is 0 Å². The van der Waals surface area contributed by atoms with Crippen LogP contribution in [0.4, 0.5) is 0 Å². The van der Waals surface area contributed by atoms with Gasteiger partial charge in [-0.1, -0.05) is 41.4 Å². The summed E-state index contributed by atoms with van der Waals surface area (Å²) in [6.45, 7) is 5.74. The Kier molecular flexibility index (Phi) is 7.25. The van der Waals surface area contributed by atoms with Crippen LogP contribution in [-0.4, -0.2) is 36.4 Å². The third-order valence-corrected chi connectivity index (χ3v) is 4.76. The lowest BCUT2D eigenvalue weighted by Crippen LogP contribution is -2.48. The van der Waals surface area contributed by atoms with Gasteiger partial charge in [0.15, 0.2) is 6.61 Å². The van der Waals surface area contributed by atoms with Crippen LogP contribution in [-0.2, 0) is 16.1 Å². The van der Waals surface area contributed by atoms with E-state index < -0.39 is 6.04 Å². The standard InChI is InChI=1S/C21H25ClN2O3/c1-14-6-5-7-17(10-14)12-24(16(3)21(26)23-4)20(25)13-27-18-8-9-19(22)15(2)11-18/h5-11,16H,12-13H2,1-4H3,(H,23,26)/t16-/m0/s1. The van der Waals surface area contributed by atoms with Crippen molar-refractivity contribution in [1.82, 2.24) is 10.2 Å². The molecule has 2 rings (SSSR count). The molecule has 0 heterocycles. The van der Waals surface area contributed by atoms with Crippen LogP contribution in [0.1, 0.15) is 23.6 Å². The summed E-state index contributed by atoms with van der Waals surface area (Å²) in [5, 5.41) is 3.24. The van der Waals surface area contributed by atoms with Crippen molar-refractivity contribution in [3.8, 4) is 5.75 Å². The minimum atomic E-state index is -0.612. The fraction of sp³-hybridized carbons (Fsp3) is 0.333. The number of halogens is 1. The largest absolute Gasteiger partial charge is 0.484 e. The Balaban J connectivity index is 2.14. The lowest BCUT2D eigenvalue weighted by atomic mass is 10.1. The molecule has 0 saturated heterocycles. The summed E-state index contributed by atoms with van der Waals surface area (Å²) in [7, 11) is 1.56. The highest BCUT2D eigenvalue weighted by molar-refractivity contribution is 6.31. The predicted molar refractivity (Wildman–Crippen MR) is 107 cm³/mol. The molecular formula is C21H25ClN2O3. The maximum atomic E-state index is 12.8. The van der Waals surface area contributed by atoms with Gasteiger partial charge >= 0.3 is 0 Å². The highest BCUT2D eigenvalue weighted by Crippen LogP contribution is 2.21. The summed E-state index contributed by atoms with van der Waals surface area (Å²) in [6.07, 6.45) is 0. The van der Waals surface area contributed by atoms with Gasteiger partial charge < -0.3 is 15.0 Å². The Bertz CT molecular complexity index is 823. The number of carbonyl (C=O) groups excluding carboxylic acids is 2. The molecule has 2 aromatic carbocycles. The van der Waals surface area contributed by atoms with E-state index in [1.54, 1.807) is 32.2 Å². The van der Waals surface area contributed by atoms with Crippen molar-refractivity contribution in [2.24, 2.45) is 0 Å². The van der Waals surface area contributed by atoms with Crippen molar-refractivity contribution in [3.05, 3.63) is 64.2 Å². The molecule has 144 valence electrons. The fourth-order valence-electron chi connectivity index (χ4n) is 2.73. The molecule has 0 aromatic heterocycles. The van der Waals surface area contributed by atoms with E-state index in [1.165, 1.54) is 4.90 Å². The Morgan fingerprint density at radius 3 is 2.56 bits per heavy atom. The van der Waals surface area contributed by atoms with Crippen LogP contribution in [0.15, 0.2) is 42.5 Å². The zero-order valence-electron chi connectivity index (χ0n) is 16.1. The number of aryl methyl sites for hydroxylation is 2. The zero-order chi connectivity index (χ0) is 20.0. The average Bonchev–Trinajstić information content (AvgIpc) is 2.65. The van der Waals surface area contributed by atoms with E-state index in [-0.39, 0.29) is 18.4 Å². The molecule has 1 N–H and O–H groups in total. The topological polar surface area (TPSA) is 58.6 Å². The molecule has 2 aromatic rings. The van der Waals surface area contributed by atoms with Crippen molar-refractivity contribution in [1.29, 1.82) is 0 Å². The van der Waals surface area contributed by atoms with E-state index in [0.29, 0.717) is 17.3 Å². The van der Waals surface area contributed by atoms with Crippen molar-refractivity contribution in [2.45, 2.75) is 33.4 Å². The maximum absolute atomic E-state index is 12.8. The number of ether oxygens (including phenoxy) is 1. The summed E-state index contributed by atoms with van der Waals surface area (Å²) in [6, 6.07) is 12.5. The van der Waals surface area contributed by atoms with Gasteiger partial charge in [0.2, 0.25) is 5.91 Å². The Morgan fingerprint density at radius 2 is 1.93 bits per heavy atom. The van der Waals surface area contributed by atoms with Gasteiger partial charge in [0, 0.05) is 18.6 Å². The smallest absolute Gasteiger partial charge is 0.261 e. The van der Waals surface area contributed by atoms with E-state index in [4.69, 9.17) is 16.3 Å². The fourth-order valence-corrected chi connectivity index (χ4v) is 2.85. The molecule has 0 fully saturated rings. The van der Waals surface area contributed by atoms with Gasteiger partial charge in [0.25, 0.3) is 5.91 Å². The van der Waals surface area contributed by atoms with Crippen molar-refractivity contribution in [2.75, 3.05) is 13.7 Å². The second-order valence-corrected chi connectivity index (χ2v) is 6.91. The van der Waals surface area contributed by atoms with E-state index >= 15 is 0 Å². The monoisotopic (exact) mass is 388 g/mol. The van der Waals surface area contributed by atoms with Gasteiger partial charge in [-0.05, 0) is 50.1 Å². The molecular weight excluding hydrogens is 364 g/mol. The first-order valence-electron chi connectivity index (χ1n) is 8.77. The quantitative estimate of drug-likeness (QED) is 0.789. The van der Waals surface area contributed by atoms with Crippen LogP contribution in [0, 0.1) is 13.8 Å². The zero-order valence-corrected chi connectivity index (χ0v) is 16.8. The third-order valence-electron chi connectivity index (χ3n) is 4.34. The summed E-state index contributed by atoms with van der Waals surface area (Å²) in [4.78, 5) is 26.4. The summed E-state index contributed by atoms with van der Waals surface area (Å²) >= 11 is 6.01. The molecule has 0 spiro atoms. The van der Waals surface area contributed by atoms with E-state index in [2.05, 4.69) is 5.32 Å². The number of nitrogens with one attached hydrogen (secondary N) is 1. The van der Waals surface area contributed by atoms with Crippen molar-refractivity contribution in [3.63, 3.8) is 0 Å². The number of rotatable bonds is 7. The van der Waals surface area contributed by atoms with Gasteiger partial charge in [-0.15, -0.1) is 0 Å². The number of hydrogen-bond donors (Lipinski definition) is 1. The van der Waals surface area contributed by atoms with E-state index in [0.717, 1.165) is 16.7 Å². The molecule has 0 radical (unpaired) electrons. The highest BCUT2D eigenvalue weighted by Gasteiger charge is 2.25. The molecule has 0 unspecified atom stereocenters. The molecule has 0 aliphatic rings. The molecule has 1 atom stereocenters. The summed E-state index contributed by atoms with van der Waals surface area (Å²) in [5.41, 5.74) is 2.93. The normalized spacial score (nSPS) is 11.6. The average molecular weight is 389 g/mol. The number of nitrogens with zero attached hydrogens (tertiary/aromatic N) is 1. The van der Waals surface area contributed by atoms with Crippen LogP contribution in [0.5, 0.6) is 5.75 Å². The Labute approximate surface area is 165 Å². The number of carbonyl (C=O) groups is 2. The first kappa shape index (κ1) is 20.8. The van der Waals surface area contributed by atoms with Crippen LogP contribution < -0.4 is 10.1 Å². The van der Waals surface area contributed by atoms with E-state index in [1.807, 2.05) is 38.1 Å². The second-order valence-electron chi connectivity index (χ2n) is 6.50. The van der Waals surface area contributed by atoms with Crippen molar-refractivity contribution >= 4 is 23.4 Å². The molecule has 27 heavy (non-hydrogen) atoms. The second kappa shape index (κ2) is 9.42.